The Morgan fingerprint density at radius 2 is 1.93 bits per heavy atom. The minimum atomic E-state index is -3.63. The van der Waals surface area contributed by atoms with Crippen LogP contribution >= 0.6 is 0 Å². The van der Waals surface area contributed by atoms with Crippen LogP contribution in [0.3, 0.4) is 0 Å². The summed E-state index contributed by atoms with van der Waals surface area (Å²) in [5, 5.41) is 8.90. The van der Waals surface area contributed by atoms with Crippen LogP contribution in [0.1, 0.15) is 24.6 Å². The smallest absolute Gasteiger partial charge is 0.240 e. The van der Waals surface area contributed by atoms with Gasteiger partial charge in [-0.1, -0.05) is 0 Å². The lowest BCUT2D eigenvalue weighted by atomic mass is 10.0. The number of aromatic nitrogens is 2. The molecule has 2 heterocycles. The molecule has 0 fully saturated rings. The third-order valence-electron chi connectivity index (χ3n) is 4.19. The molecule has 1 aliphatic rings. The van der Waals surface area contributed by atoms with Gasteiger partial charge in [0.25, 0.3) is 0 Å². The highest BCUT2D eigenvalue weighted by atomic mass is 32.2. The summed E-state index contributed by atoms with van der Waals surface area (Å²) in [7, 11) is -3.63. The minimum absolute atomic E-state index is 0.0513. The van der Waals surface area contributed by atoms with Gasteiger partial charge in [0.2, 0.25) is 21.9 Å². The Bertz CT molecular complexity index is 977. The van der Waals surface area contributed by atoms with Gasteiger partial charge < -0.3 is 16.0 Å². The normalized spacial score (nSPS) is 13.6. The van der Waals surface area contributed by atoms with Gasteiger partial charge >= 0.3 is 0 Å². The predicted molar refractivity (Wildman–Crippen MR) is 108 cm³/mol. The van der Waals surface area contributed by atoms with Crippen molar-refractivity contribution in [1.82, 2.24) is 14.7 Å². The van der Waals surface area contributed by atoms with E-state index in [0.29, 0.717) is 43.4 Å². The molecule has 1 aromatic heterocycles. The highest BCUT2D eigenvalue weighted by Crippen LogP contribution is 2.25. The zero-order valence-corrected chi connectivity index (χ0v) is 16.7. The maximum absolute atomic E-state index is 12.5. The van der Waals surface area contributed by atoms with Crippen LogP contribution in [0, 0.1) is 6.92 Å². The molecule has 0 radical (unpaired) electrons. The molecule has 0 saturated heterocycles. The Hall–Kier alpha value is -2.72. The van der Waals surface area contributed by atoms with Crippen molar-refractivity contribution < 1.29 is 13.2 Å². The molecule has 1 aromatic carbocycles. The number of amides is 1. The number of rotatable bonds is 8. The van der Waals surface area contributed by atoms with Crippen molar-refractivity contribution in [3.63, 3.8) is 0 Å². The minimum Gasteiger partial charge on any atom is -0.369 e. The van der Waals surface area contributed by atoms with Gasteiger partial charge in [0.15, 0.2) is 0 Å². The first kappa shape index (κ1) is 20.0. The van der Waals surface area contributed by atoms with Crippen LogP contribution in [-0.2, 0) is 21.2 Å². The van der Waals surface area contributed by atoms with E-state index < -0.39 is 10.0 Å². The van der Waals surface area contributed by atoms with Crippen LogP contribution < -0.4 is 20.7 Å². The molecule has 2 aromatic rings. The molecule has 1 aliphatic heterocycles. The van der Waals surface area contributed by atoms with Gasteiger partial charge in [-0.05, 0) is 44.0 Å². The van der Waals surface area contributed by atoms with Gasteiger partial charge in [-0.25, -0.2) is 18.1 Å². The molecule has 4 N–H and O–H groups in total. The number of carbonyl (C=O) groups is 1. The van der Waals surface area contributed by atoms with Crippen molar-refractivity contribution in [2.75, 3.05) is 35.6 Å². The Balaban J connectivity index is 1.58. The van der Waals surface area contributed by atoms with Crippen molar-refractivity contribution in [1.29, 1.82) is 0 Å². The second kappa shape index (κ2) is 8.53. The average Bonchev–Trinajstić information content (AvgIpc) is 2.64. The molecule has 0 saturated carbocycles. The van der Waals surface area contributed by atoms with Crippen LogP contribution in [0.25, 0.3) is 0 Å². The van der Waals surface area contributed by atoms with Gasteiger partial charge in [-0.2, -0.15) is 4.98 Å². The molecule has 9 nitrogen and oxygen atoms in total. The summed E-state index contributed by atoms with van der Waals surface area (Å²) < 4.78 is 27.6. The number of aryl methyl sites for hydroxylation is 2. The number of benzene rings is 1. The monoisotopic (exact) mass is 404 g/mol. The quantitative estimate of drug-likeness (QED) is 0.491. The first-order chi connectivity index (χ1) is 13.4. The van der Waals surface area contributed by atoms with E-state index in [1.165, 1.54) is 6.07 Å². The summed E-state index contributed by atoms with van der Waals surface area (Å²) in [4.78, 5) is 20.2. The van der Waals surface area contributed by atoms with E-state index in [2.05, 4.69) is 30.6 Å². The number of sulfonamides is 1. The molecule has 0 atom stereocenters. The largest absolute Gasteiger partial charge is 0.369 e. The summed E-state index contributed by atoms with van der Waals surface area (Å²) in [5.74, 6) is 1.11. The Morgan fingerprint density at radius 1 is 1.11 bits per heavy atom. The molecule has 0 bridgehead atoms. The van der Waals surface area contributed by atoms with E-state index in [4.69, 9.17) is 0 Å². The van der Waals surface area contributed by atoms with Gasteiger partial charge in [0, 0.05) is 43.5 Å². The molecule has 3 rings (SSSR count). The summed E-state index contributed by atoms with van der Waals surface area (Å²) in [5.41, 5.74) is 2.32. The third kappa shape index (κ3) is 4.96. The lowest BCUT2D eigenvalue weighted by Crippen LogP contribution is -2.29. The summed E-state index contributed by atoms with van der Waals surface area (Å²) in [6.07, 6.45) is 0.897. The lowest BCUT2D eigenvalue weighted by Gasteiger charge is -2.17. The average molecular weight is 404 g/mol. The first-order valence-electron chi connectivity index (χ1n) is 9.13. The molecular weight excluding hydrogens is 380 g/mol. The number of fused-ring (bicyclic) bond motifs is 1. The van der Waals surface area contributed by atoms with Gasteiger partial charge in [0.05, 0.1) is 4.90 Å². The number of anilines is 3. The maximum Gasteiger partial charge on any atom is 0.240 e. The molecule has 0 unspecified atom stereocenters. The lowest BCUT2D eigenvalue weighted by molar-refractivity contribution is -0.116. The second-order valence-electron chi connectivity index (χ2n) is 6.44. The maximum atomic E-state index is 12.5. The predicted octanol–water partition coefficient (Wildman–Crippen LogP) is 1.49. The number of hydrogen-bond donors (Lipinski definition) is 4. The summed E-state index contributed by atoms with van der Waals surface area (Å²) in [6, 6.07) is 6.54. The van der Waals surface area contributed by atoms with Crippen LogP contribution in [0.15, 0.2) is 29.2 Å². The second-order valence-corrected chi connectivity index (χ2v) is 8.21. The molecule has 0 aliphatic carbocycles. The Morgan fingerprint density at radius 3 is 2.71 bits per heavy atom. The van der Waals surface area contributed by atoms with E-state index >= 15 is 0 Å². The van der Waals surface area contributed by atoms with Gasteiger partial charge in [-0.15, -0.1) is 0 Å². The van der Waals surface area contributed by atoms with Crippen LogP contribution in [0.5, 0.6) is 0 Å². The highest BCUT2D eigenvalue weighted by Gasteiger charge is 2.19. The van der Waals surface area contributed by atoms with E-state index in [0.717, 1.165) is 11.3 Å². The van der Waals surface area contributed by atoms with Crippen LogP contribution in [0.2, 0.25) is 0 Å². The van der Waals surface area contributed by atoms with Crippen LogP contribution in [-0.4, -0.2) is 43.9 Å². The summed E-state index contributed by atoms with van der Waals surface area (Å²) in [6.45, 7) is 5.13. The molecular formula is C18H24N6O3S. The highest BCUT2D eigenvalue weighted by molar-refractivity contribution is 7.89. The Labute approximate surface area is 164 Å². The van der Waals surface area contributed by atoms with E-state index in [1.54, 1.807) is 18.2 Å². The summed E-state index contributed by atoms with van der Waals surface area (Å²) >= 11 is 0. The van der Waals surface area contributed by atoms with Crippen molar-refractivity contribution in [2.45, 2.75) is 31.6 Å². The number of carbonyl (C=O) groups excluding carboxylic acids is 1. The molecule has 28 heavy (non-hydrogen) atoms. The molecule has 1 amide bonds. The zero-order chi connectivity index (χ0) is 20.1. The van der Waals surface area contributed by atoms with E-state index in [-0.39, 0.29) is 17.3 Å². The van der Waals surface area contributed by atoms with Crippen molar-refractivity contribution in [3.8, 4) is 0 Å². The first-order valence-corrected chi connectivity index (χ1v) is 10.6. The standard InChI is InChI=1S/C18H24N6O3S/c1-3-19-18-22-12(2)10-16(24-18)20-8-9-21-28(26,27)14-5-6-15-13(11-14)4-7-17(25)23-15/h5-6,10-11,21H,3-4,7-9H2,1-2H3,(H,23,25)(H2,19,20,22,24). The van der Waals surface area contributed by atoms with Crippen molar-refractivity contribution >= 4 is 33.4 Å². The fourth-order valence-corrected chi connectivity index (χ4v) is 3.96. The SMILES string of the molecule is CCNc1nc(C)cc(NCCNS(=O)(=O)c2ccc3c(c2)CCC(=O)N3)n1. The molecule has 150 valence electrons. The topological polar surface area (TPSA) is 125 Å². The number of nitrogens with one attached hydrogen (secondary N) is 4. The fourth-order valence-electron chi connectivity index (χ4n) is 2.88. The van der Waals surface area contributed by atoms with Crippen molar-refractivity contribution in [3.05, 3.63) is 35.5 Å². The van der Waals surface area contributed by atoms with Gasteiger partial charge in [-0.3, -0.25) is 4.79 Å². The third-order valence-corrected chi connectivity index (χ3v) is 5.65. The number of hydrogen-bond acceptors (Lipinski definition) is 7. The van der Waals surface area contributed by atoms with E-state index in [1.807, 2.05) is 13.8 Å². The zero-order valence-electron chi connectivity index (χ0n) is 15.9. The van der Waals surface area contributed by atoms with E-state index in [9.17, 15) is 13.2 Å². The number of nitrogens with zero attached hydrogens (tertiary/aromatic N) is 2. The molecule has 10 heteroatoms. The fraction of sp³-hybridized carbons (Fsp3) is 0.389. The van der Waals surface area contributed by atoms with Crippen molar-refractivity contribution in [2.24, 2.45) is 0 Å². The van der Waals surface area contributed by atoms with Crippen LogP contribution in [0.4, 0.5) is 17.5 Å². The molecule has 0 spiro atoms. The van der Waals surface area contributed by atoms with Gasteiger partial charge in [0.1, 0.15) is 5.82 Å². The Kier molecular flexibility index (Phi) is 6.10.